The lowest BCUT2D eigenvalue weighted by atomic mass is 10.2. The van der Waals surface area contributed by atoms with Gasteiger partial charge in [0.15, 0.2) is 0 Å². The average Bonchev–Trinajstić information content (AvgIpc) is 1.88. The standard InChI is InChI=1S/C8H8NO/c1-7-3-2-4-8(5-7)6-9-10/h2-4,6,10H,1H3. The highest BCUT2D eigenvalue weighted by Gasteiger charge is 1.87. The van der Waals surface area contributed by atoms with Crippen molar-refractivity contribution in [2.45, 2.75) is 6.92 Å². The molecule has 0 saturated carbocycles. The zero-order chi connectivity index (χ0) is 7.40. The van der Waals surface area contributed by atoms with Crippen LogP contribution in [0.25, 0.3) is 0 Å². The number of benzene rings is 1. The van der Waals surface area contributed by atoms with Gasteiger partial charge in [-0.15, -0.1) is 0 Å². The van der Waals surface area contributed by atoms with E-state index in [4.69, 9.17) is 5.21 Å². The van der Waals surface area contributed by atoms with E-state index in [1.165, 1.54) is 6.21 Å². The highest BCUT2D eigenvalue weighted by Crippen LogP contribution is 1.98. The molecule has 0 fully saturated rings. The van der Waals surface area contributed by atoms with Crippen LogP contribution in [0.3, 0.4) is 0 Å². The van der Waals surface area contributed by atoms with Crippen molar-refractivity contribution in [1.29, 1.82) is 0 Å². The van der Waals surface area contributed by atoms with E-state index < -0.39 is 0 Å². The van der Waals surface area contributed by atoms with Gasteiger partial charge in [-0.25, -0.2) is 0 Å². The lowest BCUT2D eigenvalue weighted by Crippen LogP contribution is -1.81. The van der Waals surface area contributed by atoms with Gasteiger partial charge in [0.05, 0.1) is 6.21 Å². The maximum absolute atomic E-state index is 8.16. The Kier molecular flexibility index (Phi) is 2.05. The first-order valence-electron chi connectivity index (χ1n) is 2.99. The van der Waals surface area contributed by atoms with E-state index in [-0.39, 0.29) is 0 Å². The predicted octanol–water partition coefficient (Wildman–Crippen LogP) is 1.60. The topological polar surface area (TPSA) is 32.6 Å². The molecule has 0 aliphatic carbocycles. The molecule has 1 aromatic rings. The monoisotopic (exact) mass is 134 g/mol. The fraction of sp³-hybridized carbons (Fsp3) is 0.125. The molecule has 0 aliphatic rings. The molecule has 0 aliphatic heterocycles. The molecule has 2 heteroatoms. The number of hydrogen-bond acceptors (Lipinski definition) is 2. The van der Waals surface area contributed by atoms with Gasteiger partial charge in [0, 0.05) is 5.56 Å². The van der Waals surface area contributed by atoms with Crippen LogP contribution in [0.15, 0.2) is 23.4 Å². The molecule has 2 nitrogen and oxygen atoms in total. The molecule has 0 unspecified atom stereocenters. The molecule has 51 valence electrons. The zero-order valence-corrected chi connectivity index (χ0v) is 5.70. The van der Waals surface area contributed by atoms with Crippen molar-refractivity contribution >= 4 is 6.21 Å². The van der Waals surface area contributed by atoms with Crippen LogP contribution in [0.4, 0.5) is 0 Å². The lowest BCUT2D eigenvalue weighted by molar-refractivity contribution is 0.322. The van der Waals surface area contributed by atoms with Gasteiger partial charge in [-0.2, -0.15) is 0 Å². The van der Waals surface area contributed by atoms with Gasteiger partial charge in [-0.05, 0) is 18.6 Å². The normalized spacial score (nSPS) is 10.5. The van der Waals surface area contributed by atoms with Crippen LogP contribution in [-0.4, -0.2) is 11.4 Å². The van der Waals surface area contributed by atoms with Crippen molar-refractivity contribution < 1.29 is 5.21 Å². The van der Waals surface area contributed by atoms with Crippen molar-refractivity contribution in [1.82, 2.24) is 0 Å². The largest absolute Gasteiger partial charge is 0.411 e. The van der Waals surface area contributed by atoms with Crippen molar-refractivity contribution in [3.63, 3.8) is 0 Å². The summed E-state index contributed by atoms with van der Waals surface area (Å²) in [5.74, 6) is 0. The molecule has 0 heterocycles. The fourth-order valence-corrected chi connectivity index (χ4v) is 0.745. The fourth-order valence-electron chi connectivity index (χ4n) is 0.745. The second-order valence-electron chi connectivity index (χ2n) is 2.03. The molecule has 0 saturated heterocycles. The summed E-state index contributed by atoms with van der Waals surface area (Å²) in [5, 5.41) is 11.1. The second kappa shape index (κ2) is 3.01. The molecule has 0 bridgehead atoms. The van der Waals surface area contributed by atoms with Crippen LogP contribution in [0.5, 0.6) is 0 Å². The molecular weight excluding hydrogens is 126 g/mol. The first kappa shape index (κ1) is 6.81. The van der Waals surface area contributed by atoms with Crippen molar-refractivity contribution in [3.05, 3.63) is 35.4 Å². The van der Waals surface area contributed by atoms with Crippen molar-refractivity contribution in [2.24, 2.45) is 5.16 Å². The van der Waals surface area contributed by atoms with Crippen LogP contribution in [0.2, 0.25) is 0 Å². The number of oxime groups is 1. The number of nitrogens with zero attached hydrogens (tertiary/aromatic N) is 1. The summed E-state index contributed by atoms with van der Waals surface area (Å²) in [5.41, 5.74) is 1.83. The average molecular weight is 134 g/mol. The Morgan fingerprint density at radius 3 is 3.00 bits per heavy atom. The van der Waals surface area contributed by atoms with E-state index in [9.17, 15) is 0 Å². The van der Waals surface area contributed by atoms with Gasteiger partial charge < -0.3 is 5.21 Å². The van der Waals surface area contributed by atoms with Gasteiger partial charge in [0.25, 0.3) is 0 Å². The third-order valence-electron chi connectivity index (χ3n) is 1.16. The molecule has 0 amide bonds. The summed E-state index contributed by atoms with van der Waals surface area (Å²) in [4.78, 5) is 0. The van der Waals surface area contributed by atoms with E-state index in [2.05, 4.69) is 11.2 Å². The summed E-state index contributed by atoms with van der Waals surface area (Å²) in [6.45, 7) is 1.94. The summed E-state index contributed by atoms with van der Waals surface area (Å²) in [6.07, 6.45) is 1.35. The van der Waals surface area contributed by atoms with Gasteiger partial charge in [-0.3, -0.25) is 0 Å². The Morgan fingerprint density at radius 1 is 1.60 bits per heavy atom. The number of aryl methyl sites for hydroxylation is 1. The second-order valence-corrected chi connectivity index (χ2v) is 2.03. The van der Waals surface area contributed by atoms with Crippen molar-refractivity contribution in [2.75, 3.05) is 0 Å². The van der Waals surface area contributed by atoms with Crippen molar-refractivity contribution in [3.8, 4) is 0 Å². The Bertz CT molecular complexity index is 243. The van der Waals surface area contributed by atoms with E-state index in [0.717, 1.165) is 11.1 Å². The highest BCUT2D eigenvalue weighted by molar-refractivity contribution is 5.78. The van der Waals surface area contributed by atoms with E-state index in [1.807, 2.05) is 25.1 Å². The molecule has 0 atom stereocenters. The molecule has 1 rings (SSSR count). The Labute approximate surface area is 59.8 Å². The third-order valence-corrected chi connectivity index (χ3v) is 1.16. The Balaban J connectivity index is 2.95. The first-order chi connectivity index (χ1) is 4.83. The minimum atomic E-state index is 0.794. The van der Waals surface area contributed by atoms with Gasteiger partial charge in [0.1, 0.15) is 0 Å². The van der Waals surface area contributed by atoms with Gasteiger partial charge in [0.2, 0.25) is 0 Å². The SMILES string of the molecule is Cc1[c]c(C=NO)ccc1. The number of rotatable bonds is 1. The molecule has 1 N–H and O–H groups in total. The molecule has 0 aromatic heterocycles. The van der Waals surface area contributed by atoms with Crippen LogP contribution in [-0.2, 0) is 0 Å². The maximum Gasteiger partial charge on any atom is 0.0740 e. The van der Waals surface area contributed by atoms with E-state index in [1.54, 1.807) is 0 Å². The molecule has 1 radical (unpaired) electrons. The van der Waals surface area contributed by atoms with Crippen LogP contribution < -0.4 is 0 Å². The van der Waals surface area contributed by atoms with Crippen LogP contribution in [0, 0.1) is 13.0 Å². The molecular formula is C8H8NO. The zero-order valence-electron chi connectivity index (χ0n) is 5.70. The predicted molar refractivity (Wildman–Crippen MR) is 39.4 cm³/mol. The highest BCUT2D eigenvalue weighted by atomic mass is 16.4. The van der Waals surface area contributed by atoms with Gasteiger partial charge in [-0.1, -0.05) is 23.4 Å². The van der Waals surface area contributed by atoms with E-state index in [0.29, 0.717) is 0 Å². The van der Waals surface area contributed by atoms with E-state index >= 15 is 0 Å². The summed E-state index contributed by atoms with van der Waals surface area (Å²) < 4.78 is 0. The lowest BCUT2D eigenvalue weighted by Gasteiger charge is -1.90. The minimum absolute atomic E-state index is 0.794. The minimum Gasteiger partial charge on any atom is -0.411 e. The third kappa shape index (κ3) is 1.58. The maximum atomic E-state index is 8.16. The van der Waals surface area contributed by atoms with Crippen LogP contribution in [0.1, 0.15) is 11.1 Å². The molecule has 10 heavy (non-hydrogen) atoms. The Hall–Kier alpha value is -1.31. The van der Waals surface area contributed by atoms with Crippen LogP contribution >= 0.6 is 0 Å². The quantitative estimate of drug-likeness (QED) is 0.353. The summed E-state index contributed by atoms with van der Waals surface area (Å²) in [7, 11) is 0. The molecule has 0 spiro atoms. The summed E-state index contributed by atoms with van der Waals surface area (Å²) in [6, 6.07) is 8.66. The molecule has 1 aromatic carbocycles. The smallest absolute Gasteiger partial charge is 0.0740 e. The number of hydrogen-bond donors (Lipinski definition) is 1. The first-order valence-corrected chi connectivity index (χ1v) is 2.99. The van der Waals surface area contributed by atoms with Gasteiger partial charge >= 0.3 is 0 Å². The Morgan fingerprint density at radius 2 is 2.40 bits per heavy atom. The summed E-state index contributed by atoms with van der Waals surface area (Å²) >= 11 is 0.